The molecule has 0 radical (unpaired) electrons. The fourth-order valence-corrected chi connectivity index (χ4v) is 5.63. The quantitative estimate of drug-likeness (QED) is 0.545. The highest BCUT2D eigenvalue weighted by Gasteiger charge is 2.58. The number of carboxylic acid groups (broad SMARTS) is 1. The smallest absolute Gasteiger partial charge is 0.407 e. The molecule has 2 N–H and O–H groups in total. The van der Waals surface area contributed by atoms with Crippen molar-refractivity contribution >= 4 is 40.9 Å². The lowest BCUT2D eigenvalue weighted by atomic mass is 9.69. The molecule has 208 valence electrons. The summed E-state index contributed by atoms with van der Waals surface area (Å²) in [7, 11) is 3.06. The lowest BCUT2D eigenvalue weighted by Gasteiger charge is -2.52. The lowest BCUT2D eigenvalue weighted by molar-refractivity contribution is -0.140. The Balaban J connectivity index is 1.72. The largest absolute Gasteiger partial charge is 0.497 e. The molecule has 11 heteroatoms. The average Bonchev–Trinajstić information content (AvgIpc) is 3.14. The Bertz CT molecular complexity index is 1310. The number of methoxy groups -OCH3 is 2. The van der Waals surface area contributed by atoms with E-state index in [-0.39, 0.29) is 43.6 Å². The minimum atomic E-state index is -1.11. The molecule has 1 spiro atoms. The van der Waals surface area contributed by atoms with Gasteiger partial charge in [-0.25, -0.2) is 4.79 Å². The molecule has 2 atom stereocenters. The van der Waals surface area contributed by atoms with Gasteiger partial charge in [-0.1, -0.05) is 32.4 Å². The highest BCUT2D eigenvalue weighted by Crippen LogP contribution is 2.47. The van der Waals surface area contributed by atoms with Gasteiger partial charge in [-0.3, -0.25) is 14.6 Å². The Morgan fingerprint density at radius 3 is 2.41 bits per heavy atom. The van der Waals surface area contributed by atoms with E-state index in [2.05, 4.69) is 5.32 Å². The van der Waals surface area contributed by atoms with E-state index in [1.807, 2.05) is 20.8 Å². The second kappa shape index (κ2) is 10.8. The number of hydrogen-bond donors (Lipinski definition) is 2. The summed E-state index contributed by atoms with van der Waals surface area (Å²) in [5, 5.41) is 12.9. The molecule has 0 saturated carbocycles. The van der Waals surface area contributed by atoms with Crippen LogP contribution in [0.2, 0.25) is 5.02 Å². The second-order valence-electron chi connectivity index (χ2n) is 10.8. The van der Waals surface area contributed by atoms with Crippen LogP contribution in [0.1, 0.15) is 32.8 Å². The molecule has 3 amide bonds. The number of ether oxygens (including phenoxy) is 2. The zero-order chi connectivity index (χ0) is 28.5. The molecule has 0 aromatic heterocycles. The molecule has 0 bridgehead atoms. The SMILES string of the molecule is COc1ccc(C2=NC3(CCN(C(=O)O)CC3C(C)(C)C)N(CC(=O)Nc3ccc(OC)c(Cl)c3)C2=O)cc1. The maximum Gasteiger partial charge on any atom is 0.407 e. The maximum absolute atomic E-state index is 14.0. The first-order valence-corrected chi connectivity index (χ1v) is 12.9. The van der Waals surface area contributed by atoms with Gasteiger partial charge in [0.05, 0.1) is 19.2 Å². The standard InChI is InChI=1S/C28H33ClN4O6/c1-27(2,3)22-15-32(26(36)37)13-12-28(22)31-24(17-6-9-19(38-4)10-7-17)25(35)33(28)16-23(34)30-18-8-11-21(39-5)20(29)14-18/h6-11,14,22H,12-13,15-16H2,1-5H3,(H,30,34)(H,36,37). The first-order valence-electron chi connectivity index (χ1n) is 12.6. The van der Waals surface area contributed by atoms with Crippen LogP contribution < -0.4 is 14.8 Å². The van der Waals surface area contributed by atoms with Gasteiger partial charge in [0.15, 0.2) is 0 Å². The number of likely N-dealkylation sites (tertiary alicyclic amines) is 1. The predicted molar refractivity (Wildman–Crippen MR) is 148 cm³/mol. The van der Waals surface area contributed by atoms with Crippen LogP contribution in [-0.4, -0.2) is 78.0 Å². The fourth-order valence-electron chi connectivity index (χ4n) is 5.37. The number of aliphatic imine (C=N–C) groups is 1. The van der Waals surface area contributed by atoms with Crippen molar-refractivity contribution in [2.75, 3.05) is 39.2 Å². The van der Waals surface area contributed by atoms with Gasteiger partial charge in [-0.15, -0.1) is 0 Å². The van der Waals surface area contributed by atoms with Crippen LogP contribution in [-0.2, 0) is 9.59 Å². The van der Waals surface area contributed by atoms with Crippen LogP contribution in [0.3, 0.4) is 0 Å². The van der Waals surface area contributed by atoms with E-state index in [4.69, 9.17) is 26.1 Å². The molecule has 1 fully saturated rings. The minimum Gasteiger partial charge on any atom is -0.497 e. The van der Waals surface area contributed by atoms with Gasteiger partial charge in [0, 0.05) is 36.7 Å². The number of carbonyl (C=O) groups excluding carboxylic acids is 2. The molecule has 2 unspecified atom stereocenters. The summed E-state index contributed by atoms with van der Waals surface area (Å²) in [4.78, 5) is 47.0. The molecular weight excluding hydrogens is 524 g/mol. The third kappa shape index (κ3) is 5.52. The van der Waals surface area contributed by atoms with Crippen molar-refractivity contribution < 1.29 is 29.0 Å². The molecular formula is C28H33ClN4O6. The molecule has 2 aliphatic heterocycles. The van der Waals surface area contributed by atoms with E-state index in [1.165, 1.54) is 16.9 Å². The van der Waals surface area contributed by atoms with Crippen molar-refractivity contribution in [3.05, 3.63) is 53.1 Å². The van der Waals surface area contributed by atoms with Crippen LogP contribution >= 0.6 is 11.6 Å². The summed E-state index contributed by atoms with van der Waals surface area (Å²) in [6, 6.07) is 11.9. The van der Waals surface area contributed by atoms with E-state index in [9.17, 15) is 19.5 Å². The number of nitrogens with one attached hydrogen (secondary N) is 1. The number of piperidine rings is 1. The Kier molecular flexibility index (Phi) is 7.79. The van der Waals surface area contributed by atoms with Gasteiger partial charge in [-0.2, -0.15) is 0 Å². The van der Waals surface area contributed by atoms with Gasteiger partial charge in [-0.05, 0) is 47.9 Å². The Morgan fingerprint density at radius 1 is 1.15 bits per heavy atom. The first-order chi connectivity index (χ1) is 18.4. The Morgan fingerprint density at radius 2 is 1.85 bits per heavy atom. The number of rotatable bonds is 6. The molecule has 2 aliphatic rings. The third-order valence-corrected chi connectivity index (χ3v) is 7.64. The molecule has 10 nitrogen and oxygen atoms in total. The highest BCUT2D eigenvalue weighted by atomic mass is 35.5. The van der Waals surface area contributed by atoms with Gasteiger partial charge in [0.25, 0.3) is 5.91 Å². The van der Waals surface area contributed by atoms with Crippen molar-refractivity contribution in [1.82, 2.24) is 9.80 Å². The van der Waals surface area contributed by atoms with Crippen LogP contribution in [0.15, 0.2) is 47.5 Å². The highest BCUT2D eigenvalue weighted by molar-refractivity contribution is 6.47. The summed E-state index contributed by atoms with van der Waals surface area (Å²) in [5.41, 5.74) is -0.262. The molecule has 2 heterocycles. The van der Waals surface area contributed by atoms with Crippen molar-refractivity contribution in [2.24, 2.45) is 16.3 Å². The number of carbonyl (C=O) groups is 3. The van der Waals surface area contributed by atoms with E-state index >= 15 is 0 Å². The zero-order valence-corrected chi connectivity index (χ0v) is 23.4. The number of benzene rings is 2. The topological polar surface area (TPSA) is 121 Å². The van der Waals surface area contributed by atoms with Crippen molar-refractivity contribution in [3.8, 4) is 11.5 Å². The van der Waals surface area contributed by atoms with Gasteiger partial charge >= 0.3 is 6.09 Å². The van der Waals surface area contributed by atoms with Crippen molar-refractivity contribution in [2.45, 2.75) is 32.9 Å². The Labute approximate surface area is 232 Å². The van der Waals surface area contributed by atoms with Crippen molar-refractivity contribution in [3.63, 3.8) is 0 Å². The lowest BCUT2D eigenvalue weighted by Crippen LogP contribution is -2.64. The predicted octanol–water partition coefficient (Wildman–Crippen LogP) is 4.37. The van der Waals surface area contributed by atoms with Gasteiger partial charge < -0.3 is 29.7 Å². The summed E-state index contributed by atoms with van der Waals surface area (Å²) in [5.74, 6) is -0.0855. The third-order valence-electron chi connectivity index (χ3n) is 7.35. The normalized spacial score (nSPS) is 21.1. The van der Waals surface area contributed by atoms with Gasteiger partial charge in [0.1, 0.15) is 29.4 Å². The second-order valence-corrected chi connectivity index (χ2v) is 11.2. The van der Waals surface area contributed by atoms with E-state index in [0.717, 1.165) is 0 Å². The Hall–Kier alpha value is -3.79. The monoisotopic (exact) mass is 556 g/mol. The van der Waals surface area contributed by atoms with Crippen LogP contribution in [0.4, 0.5) is 10.5 Å². The van der Waals surface area contributed by atoms with Crippen molar-refractivity contribution in [1.29, 1.82) is 0 Å². The van der Waals surface area contributed by atoms with E-state index < -0.39 is 23.1 Å². The molecule has 39 heavy (non-hydrogen) atoms. The number of anilines is 1. The summed E-state index contributed by atoms with van der Waals surface area (Å²) in [6.45, 7) is 6.07. The van der Waals surface area contributed by atoms with Gasteiger partial charge in [0.2, 0.25) is 5.91 Å². The van der Waals surface area contributed by atoms with Crippen LogP contribution in [0.5, 0.6) is 11.5 Å². The number of amides is 3. The zero-order valence-electron chi connectivity index (χ0n) is 22.7. The maximum atomic E-state index is 14.0. The number of halogens is 1. The molecule has 0 aliphatic carbocycles. The molecule has 2 aromatic carbocycles. The average molecular weight is 557 g/mol. The molecule has 2 aromatic rings. The van der Waals surface area contributed by atoms with E-state index in [0.29, 0.717) is 27.8 Å². The summed E-state index contributed by atoms with van der Waals surface area (Å²) in [6.07, 6.45) is -0.766. The number of hydrogen-bond acceptors (Lipinski definition) is 6. The first kappa shape index (κ1) is 28.2. The van der Waals surface area contributed by atoms with Crippen LogP contribution in [0, 0.1) is 11.3 Å². The number of nitrogens with zero attached hydrogens (tertiary/aromatic N) is 3. The fraction of sp³-hybridized carbons (Fsp3) is 0.429. The summed E-state index contributed by atoms with van der Waals surface area (Å²) >= 11 is 6.22. The van der Waals surface area contributed by atoms with Crippen LogP contribution in [0.25, 0.3) is 0 Å². The molecule has 1 saturated heterocycles. The summed E-state index contributed by atoms with van der Waals surface area (Å²) < 4.78 is 10.4. The van der Waals surface area contributed by atoms with E-state index in [1.54, 1.807) is 49.6 Å². The minimum absolute atomic E-state index is 0.178. The molecule has 4 rings (SSSR count).